The van der Waals surface area contributed by atoms with Gasteiger partial charge in [-0.1, -0.05) is 32.0 Å². The molecule has 3 rings (SSSR count). The van der Waals surface area contributed by atoms with Crippen molar-refractivity contribution in [2.24, 2.45) is 24.8 Å². The molecule has 3 unspecified atom stereocenters. The van der Waals surface area contributed by atoms with Crippen molar-refractivity contribution in [3.8, 4) is 0 Å². The molecule has 1 aliphatic rings. The molecule has 0 radical (unpaired) electrons. The number of alkyl halides is 1. The molecule has 2 aromatic rings. The van der Waals surface area contributed by atoms with Gasteiger partial charge in [0.05, 0.1) is 11.2 Å². The molecule has 1 aromatic carbocycles. The summed E-state index contributed by atoms with van der Waals surface area (Å²) in [6.45, 7) is 4.68. The number of hydrogen-bond donors (Lipinski definition) is 0. The Balaban J connectivity index is 1.83. The molecule has 3 heteroatoms. The molecule has 0 bridgehead atoms. The predicted octanol–water partition coefficient (Wildman–Crippen LogP) is 4.80. The fraction of sp³-hybridized carbons (Fsp3) is 0.611. The maximum Gasteiger partial charge on any atom is 0.0706 e. The Kier molecular flexibility index (Phi) is 4.26. The lowest BCUT2D eigenvalue weighted by Crippen LogP contribution is -2.29. The Hall–Kier alpha value is -1.02. The van der Waals surface area contributed by atoms with Gasteiger partial charge < -0.3 is 0 Å². The third-order valence-corrected chi connectivity index (χ3v) is 5.74. The fourth-order valence-electron chi connectivity index (χ4n) is 3.77. The van der Waals surface area contributed by atoms with Gasteiger partial charge in [0, 0.05) is 17.8 Å². The van der Waals surface area contributed by atoms with Gasteiger partial charge >= 0.3 is 0 Å². The minimum Gasteiger partial charge on any atom is -0.268 e. The highest BCUT2D eigenvalue weighted by atomic mass is 35.5. The van der Waals surface area contributed by atoms with Crippen molar-refractivity contribution in [2.75, 3.05) is 0 Å². The molecule has 2 nitrogen and oxygen atoms in total. The summed E-state index contributed by atoms with van der Waals surface area (Å²) in [5, 5.41) is 6.34. The van der Waals surface area contributed by atoms with E-state index < -0.39 is 0 Å². The predicted molar refractivity (Wildman–Crippen MR) is 89.7 cm³/mol. The minimum absolute atomic E-state index is 0.306. The van der Waals surface area contributed by atoms with Crippen LogP contribution >= 0.6 is 11.6 Å². The fourth-order valence-corrected chi connectivity index (χ4v) is 4.09. The molecule has 3 atom stereocenters. The van der Waals surface area contributed by atoms with Crippen LogP contribution in [0.5, 0.6) is 0 Å². The molecular formula is C18H25ClN2. The van der Waals surface area contributed by atoms with Crippen molar-refractivity contribution in [3.05, 3.63) is 30.0 Å². The number of aromatic nitrogens is 2. The van der Waals surface area contributed by atoms with Crippen LogP contribution in [0.1, 0.15) is 38.8 Å². The molecule has 0 N–H and O–H groups in total. The van der Waals surface area contributed by atoms with Gasteiger partial charge in [-0.15, -0.1) is 11.6 Å². The summed E-state index contributed by atoms with van der Waals surface area (Å²) >= 11 is 6.63. The highest BCUT2D eigenvalue weighted by molar-refractivity contribution is 6.20. The molecular weight excluding hydrogens is 280 g/mol. The van der Waals surface area contributed by atoms with Crippen molar-refractivity contribution in [1.82, 2.24) is 9.78 Å². The van der Waals surface area contributed by atoms with Gasteiger partial charge in [-0.2, -0.15) is 5.10 Å². The molecule has 1 fully saturated rings. The van der Waals surface area contributed by atoms with Crippen LogP contribution in [0.3, 0.4) is 0 Å². The first-order valence-corrected chi connectivity index (χ1v) is 8.54. The molecule has 1 aromatic heterocycles. The number of aryl methyl sites for hydroxylation is 1. The average Bonchev–Trinajstić information content (AvgIpc) is 2.78. The third-order valence-electron chi connectivity index (χ3n) is 5.16. The third kappa shape index (κ3) is 2.96. The zero-order chi connectivity index (χ0) is 15.0. The summed E-state index contributed by atoms with van der Waals surface area (Å²) in [5.41, 5.74) is 2.43. The van der Waals surface area contributed by atoms with E-state index in [-0.39, 0.29) is 0 Å². The smallest absolute Gasteiger partial charge is 0.0706 e. The first-order valence-electron chi connectivity index (χ1n) is 8.11. The lowest BCUT2D eigenvalue weighted by atomic mass is 9.74. The van der Waals surface area contributed by atoms with Crippen LogP contribution in [0.4, 0.5) is 0 Å². The van der Waals surface area contributed by atoms with Crippen LogP contribution in [0.15, 0.2) is 24.3 Å². The molecule has 114 valence electrons. The van der Waals surface area contributed by atoms with Gasteiger partial charge in [0.1, 0.15) is 0 Å². The lowest BCUT2D eigenvalue weighted by Gasteiger charge is -2.34. The number of para-hydroxylation sites is 1. The van der Waals surface area contributed by atoms with E-state index in [0.717, 1.165) is 24.7 Å². The number of nitrogens with zero attached hydrogens (tertiary/aromatic N) is 2. The zero-order valence-electron chi connectivity index (χ0n) is 13.2. The summed E-state index contributed by atoms with van der Waals surface area (Å²) in [6.07, 6.45) is 4.70. The van der Waals surface area contributed by atoms with Gasteiger partial charge in [-0.3, -0.25) is 4.68 Å². The molecule has 21 heavy (non-hydrogen) atoms. The topological polar surface area (TPSA) is 17.8 Å². The van der Waals surface area contributed by atoms with E-state index in [9.17, 15) is 0 Å². The van der Waals surface area contributed by atoms with Crippen molar-refractivity contribution in [1.29, 1.82) is 0 Å². The summed E-state index contributed by atoms with van der Waals surface area (Å²) in [6, 6.07) is 8.50. The number of fused-ring (bicyclic) bond motifs is 1. The Morgan fingerprint density at radius 3 is 2.81 bits per heavy atom. The van der Waals surface area contributed by atoms with Crippen LogP contribution in [0.25, 0.3) is 10.9 Å². The van der Waals surface area contributed by atoms with Crippen LogP contribution in [0.2, 0.25) is 0 Å². The van der Waals surface area contributed by atoms with Crippen molar-refractivity contribution >= 4 is 22.5 Å². The van der Waals surface area contributed by atoms with Gasteiger partial charge in [0.2, 0.25) is 0 Å². The summed E-state index contributed by atoms with van der Waals surface area (Å²) in [7, 11) is 2.03. The van der Waals surface area contributed by atoms with E-state index in [2.05, 4.69) is 38.1 Å². The quantitative estimate of drug-likeness (QED) is 0.745. The van der Waals surface area contributed by atoms with Crippen LogP contribution in [-0.4, -0.2) is 15.2 Å². The second kappa shape index (κ2) is 6.00. The van der Waals surface area contributed by atoms with E-state index in [4.69, 9.17) is 16.7 Å². The Labute approximate surface area is 132 Å². The van der Waals surface area contributed by atoms with E-state index >= 15 is 0 Å². The molecule has 0 aliphatic heterocycles. The summed E-state index contributed by atoms with van der Waals surface area (Å²) < 4.78 is 2.00. The highest BCUT2D eigenvalue weighted by Crippen LogP contribution is 2.38. The van der Waals surface area contributed by atoms with E-state index in [1.165, 1.54) is 29.4 Å². The maximum absolute atomic E-state index is 6.63. The molecule has 0 saturated heterocycles. The maximum atomic E-state index is 6.63. The number of benzene rings is 1. The first-order chi connectivity index (χ1) is 10.1. The van der Waals surface area contributed by atoms with Gasteiger partial charge in [-0.05, 0) is 49.5 Å². The van der Waals surface area contributed by atoms with Crippen LogP contribution in [0, 0.1) is 17.8 Å². The second-order valence-corrected chi connectivity index (χ2v) is 7.45. The monoisotopic (exact) mass is 304 g/mol. The van der Waals surface area contributed by atoms with Gasteiger partial charge in [0.25, 0.3) is 0 Å². The van der Waals surface area contributed by atoms with Crippen molar-refractivity contribution in [3.63, 3.8) is 0 Å². The van der Waals surface area contributed by atoms with Gasteiger partial charge in [-0.25, -0.2) is 0 Å². The van der Waals surface area contributed by atoms with Crippen LogP contribution in [-0.2, 0) is 13.5 Å². The SMILES string of the molecule is CC(C)C1CCC(Cl)C(Cc2nn(C)c3ccccc23)C1. The van der Waals surface area contributed by atoms with E-state index in [1.807, 2.05) is 11.7 Å². The molecule has 0 spiro atoms. The van der Waals surface area contributed by atoms with E-state index in [1.54, 1.807) is 0 Å². The summed E-state index contributed by atoms with van der Waals surface area (Å²) in [5.74, 6) is 2.14. The molecule has 1 heterocycles. The number of hydrogen-bond acceptors (Lipinski definition) is 1. The van der Waals surface area contributed by atoms with E-state index in [0.29, 0.717) is 11.3 Å². The highest BCUT2D eigenvalue weighted by Gasteiger charge is 2.31. The van der Waals surface area contributed by atoms with Crippen molar-refractivity contribution < 1.29 is 0 Å². The van der Waals surface area contributed by atoms with Gasteiger partial charge in [0.15, 0.2) is 0 Å². The largest absolute Gasteiger partial charge is 0.268 e. The molecule has 0 amide bonds. The second-order valence-electron chi connectivity index (χ2n) is 6.88. The normalized spacial score (nSPS) is 26.6. The number of halogens is 1. The Morgan fingerprint density at radius 1 is 1.29 bits per heavy atom. The average molecular weight is 305 g/mol. The van der Waals surface area contributed by atoms with Crippen molar-refractivity contribution in [2.45, 2.75) is 44.9 Å². The molecule has 1 saturated carbocycles. The Morgan fingerprint density at radius 2 is 2.05 bits per heavy atom. The standard InChI is InChI=1S/C18H25ClN2/c1-12(2)13-8-9-16(19)14(10-13)11-17-15-6-4-5-7-18(15)21(3)20-17/h4-7,12-14,16H,8-11H2,1-3H3. The first kappa shape index (κ1) is 14.9. The lowest BCUT2D eigenvalue weighted by molar-refractivity contribution is 0.217. The Bertz CT molecular complexity index is 617. The zero-order valence-corrected chi connectivity index (χ0v) is 14.0. The van der Waals surface area contributed by atoms with Crippen LogP contribution < -0.4 is 0 Å². The summed E-state index contributed by atoms with van der Waals surface area (Å²) in [4.78, 5) is 0. The minimum atomic E-state index is 0.306. The number of rotatable bonds is 3. The molecule has 1 aliphatic carbocycles.